The van der Waals surface area contributed by atoms with E-state index in [1.165, 1.54) is 0 Å². The van der Waals surface area contributed by atoms with Crippen molar-refractivity contribution < 1.29 is 19.2 Å². The first kappa shape index (κ1) is 10.3. The van der Waals surface area contributed by atoms with Gasteiger partial charge in [-0.3, -0.25) is 9.59 Å². The minimum Gasteiger partial charge on any atom is -0.330 e. The van der Waals surface area contributed by atoms with Crippen LogP contribution in [0.4, 0.5) is 0 Å². The molecule has 0 aromatic rings. The number of hydrogen-bond acceptors (Lipinski definition) is 6. The first-order valence-electron chi connectivity index (χ1n) is 4.05. The van der Waals surface area contributed by atoms with Crippen LogP contribution in [0.15, 0.2) is 5.11 Å². The van der Waals surface area contributed by atoms with Gasteiger partial charge < -0.3 is 4.84 Å². The molecule has 0 radical (unpaired) electrons. The molecule has 1 aliphatic rings. The lowest BCUT2D eigenvalue weighted by Crippen LogP contribution is -2.32. The number of hydrogen-bond donors (Lipinski definition) is 1. The third-order valence-electron chi connectivity index (χ3n) is 1.63. The molecule has 0 atom stereocenters. The molecule has 1 fully saturated rings. The smallest absolute Gasteiger partial charge is 0.330 e. The number of carbonyl (C=O) groups is 3. The lowest BCUT2D eigenvalue weighted by Gasteiger charge is -2.11. The second-order valence-electron chi connectivity index (χ2n) is 2.68. The lowest BCUT2D eigenvalue weighted by molar-refractivity contribution is -0.197. The Morgan fingerprint density at radius 3 is 2.50 bits per heavy atom. The number of amides is 2. The Kier molecular flexibility index (Phi) is 3.27. The Balaban J connectivity index is 2.42. The first-order chi connectivity index (χ1) is 6.65. The van der Waals surface area contributed by atoms with Crippen molar-refractivity contribution in [3.8, 4) is 0 Å². The van der Waals surface area contributed by atoms with Crippen LogP contribution in [-0.4, -0.2) is 29.4 Å². The highest BCUT2D eigenvalue weighted by Gasteiger charge is 2.32. The third kappa shape index (κ3) is 2.35. The van der Waals surface area contributed by atoms with E-state index in [1.807, 2.05) is 0 Å². The molecule has 76 valence electrons. The number of carbonyl (C=O) groups excluding carboxylic acids is 3. The predicted molar refractivity (Wildman–Crippen MR) is 41.8 cm³/mol. The maximum absolute atomic E-state index is 11.0. The van der Waals surface area contributed by atoms with Gasteiger partial charge in [0.2, 0.25) is 0 Å². The molecule has 0 aromatic heterocycles. The maximum atomic E-state index is 11.0. The SMILES string of the molecule is N=NCCC(=O)ON1C(=O)CCC1=O. The second-order valence-corrected chi connectivity index (χ2v) is 2.68. The first-order valence-corrected chi connectivity index (χ1v) is 4.05. The summed E-state index contributed by atoms with van der Waals surface area (Å²) in [6.07, 6.45) is 0.0461. The van der Waals surface area contributed by atoms with E-state index in [4.69, 9.17) is 5.53 Å². The molecule has 1 N–H and O–H groups in total. The number of rotatable bonds is 4. The van der Waals surface area contributed by atoms with Crippen LogP contribution in [0.25, 0.3) is 0 Å². The fraction of sp³-hybridized carbons (Fsp3) is 0.571. The number of hydroxylamine groups is 2. The van der Waals surface area contributed by atoms with Crippen molar-refractivity contribution in [2.75, 3.05) is 6.54 Å². The van der Waals surface area contributed by atoms with Gasteiger partial charge in [0.05, 0.1) is 13.0 Å². The molecule has 0 bridgehead atoms. The molecule has 1 saturated heterocycles. The van der Waals surface area contributed by atoms with Crippen molar-refractivity contribution in [2.45, 2.75) is 19.3 Å². The van der Waals surface area contributed by atoms with Crippen molar-refractivity contribution in [1.29, 1.82) is 5.53 Å². The molecule has 2 amide bonds. The Morgan fingerprint density at radius 2 is 2.00 bits per heavy atom. The summed E-state index contributed by atoms with van der Waals surface area (Å²) in [5, 5.41) is 3.43. The molecule has 1 aliphatic heterocycles. The van der Waals surface area contributed by atoms with Crippen LogP contribution in [0.3, 0.4) is 0 Å². The van der Waals surface area contributed by atoms with Crippen molar-refractivity contribution in [3.05, 3.63) is 0 Å². The summed E-state index contributed by atoms with van der Waals surface area (Å²) in [7, 11) is 0. The summed E-state index contributed by atoms with van der Waals surface area (Å²) in [6, 6.07) is 0. The summed E-state index contributed by atoms with van der Waals surface area (Å²) in [6.45, 7) is -0.00491. The largest absolute Gasteiger partial charge is 0.335 e. The van der Waals surface area contributed by atoms with E-state index in [2.05, 4.69) is 9.95 Å². The molecule has 7 nitrogen and oxygen atoms in total. The fourth-order valence-electron chi connectivity index (χ4n) is 0.953. The van der Waals surface area contributed by atoms with Gasteiger partial charge in [-0.05, 0) is 0 Å². The Hall–Kier alpha value is -1.79. The van der Waals surface area contributed by atoms with Crippen LogP contribution in [-0.2, 0) is 19.2 Å². The van der Waals surface area contributed by atoms with Crippen LogP contribution < -0.4 is 0 Å². The Morgan fingerprint density at radius 1 is 1.43 bits per heavy atom. The Bertz CT molecular complexity index is 273. The molecular formula is C7H9N3O4. The van der Waals surface area contributed by atoms with Gasteiger partial charge in [0.15, 0.2) is 0 Å². The van der Waals surface area contributed by atoms with Crippen molar-refractivity contribution >= 4 is 17.8 Å². The Labute approximate surface area is 79.5 Å². The van der Waals surface area contributed by atoms with Crippen LogP contribution in [0.2, 0.25) is 0 Å². The van der Waals surface area contributed by atoms with Crippen LogP contribution in [0, 0.1) is 5.53 Å². The zero-order valence-corrected chi connectivity index (χ0v) is 7.36. The number of imide groups is 1. The molecule has 7 heteroatoms. The topological polar surface area (TPSA) is 99.9 Å². The average molecular weight is 199 g/mol. The second kappa shape index (κ2) is 4.45. The average Bonchev–Trinajstić information content (AvgIpc) is 2.46. The third-order valence-corrected chi connectivity index (χ3v) is 1.63. The lowest BCUT2D eigenvalue weighted by atomic mass is 10.4. The molecule has 0 spiro atoms. The number of nitrogens with one attached hydrogen (secondary N) is 1. The van der Waals surface area contributed by atoms with Gasteiger partial charge in [0, 0.05) is 12.8 Å². The van der Waals surface area contributed by atoms with E-state index in [0.717, 1.165) is 0 Å². The highest BCUT2D eigenvalue weighted by molar-refractivity contribution is 6.01. The quantitative estimate of drug-likeness (QED) is 0.509. The molecular weight excluding hydrogens is 190 g/mol. The molecule has 1 rings (SSSR count). The molecule has 0 unspecified atom stereocenters. The van der Waals surface area contributed by atoms with Crippen molar-refractivity contribution in [2.24, 2.45) is 5.11 Å². The predicted octanol–water partition coefficient (Wildman–Crippen LogP) is 0.0147. The summed E-state index contributed by atoms with van der Waals surface area (Å²) in [4.78, 5) is 37.4. The van der Waals surface area contributed by atoms with Gasteiger partial charge in [-0.1, -0.05) is 0 Å². The normalized spacial score (nSPS) is 15.9. The van der Waals surface area contributed by atoms with E-state index in [1.54, 1.807) is 0 Å². The van der Waals surface area contributed by atoms with Crippen molar-refractivity contribution in [1.82, 2.24) is 5.06 Å². The zero-order chi connectivity index (χ0) is 10.6. The van der Waals surface area contributed by atoms with Crippen molar-refractivity contribution in [3.63, 3.8) is 0 Å². The van der Waals surface area contributed by atoms with Gasteiger partial charge in [0.25, 0.3) is 11.8 Å². The maximum Gasteiger partial charge on any atom is 0.335 e. The van der Waals surface area contributed by atoms with Gasteiger partial charge in [-0.15, -0.1) is 5.06 Å². The monoisotopic (exact) mass is 199 g/mol. The number of nitrogens with zero attached hydrogens (tertiary/aromatic N) is 2. The molecule has 0 aromatic carbocycles. The molecule has 0 saturated carbocycles. The van der Waals surface area contributed by atoms with E-state index in [-0.39, 0.29) is 25.8 Å². The van der Waals surface area contributed by atoms with E-state index >= 15 is 0 Å². The van der Waals surface area contributed by atoms with E-state index in [9.17, 15) is 14.4 Å². The van der Waals surface area contributed by atoms with Gasteiger partial charge >= 0.3 is 5.97 Å². The van der Waals surface area contributed by atoms with Crippen LogP contribution in [0.5, 0.6) is 0 Å². The zero-order valence-electron chi connectivity index (χ0n) is 7.36. The summed E-state index contributed by atoms with van der Waals surface area (Å²) in [5.74, 6) is -1.75. The minimum atomic E-state index is -0.732. The van der Waals surface area contributed by atoms with E-state index < -0.39 is 17.8 Å². The highest BCUT2D eigenvalue weighted by Crippen LogP contribution is 2.12. The molecule has 1 heterocycles. The fourth-order valence-corrected chi connectivity index (χ4v) is 0.953. The van der Waals surface area contributed by atoms with Gasteiger partial charge in [0.1, 0.15) is 0 Å². The summed E-state index contributed by atoms with van der Waals surface area (Å²) < 4.78 is 0. The van der Waals surface area contributed by atoms with E-state index in [0.29, 0.717) is 5.06 Å². The highest BCUT2D eigenvalue weighted by atomic mass is 16.7. The summed E-state index contributed by atoms with van der Waals surface area (Å²) in [5.41, 5.74) is 6.43. The molecule has 14 heavy (non-hydrogen) atoms. The minimum absolute atomic E-state index is 0.00491. The van der Waals surface area contributed by atoms with Crippen LogP contribution >= 0.6 is 0 Å². The summed E-state index contributed by atoms with van der Waals surface area (Å²) >= 11 is 0. The van der Waals surface area contributed by atoms with Gasteiger partial charge in [-0.25, -0.2) is 10.3 Å². The molecule has 0 aliphatic carbocycles. The van der Waals surface area contributed by atoms with Crippen LogP contribution in [0.1, 0.15) is 19.3 Å². The standard InChI is InChI=1S/C7H9N3O4/c8-9-4-3-7(13)14-10-5(11)1-2-6(10)12/h8H,1-4H2. The van der Waals surface area contributed by atoms with Gasteiger partial charge in [-0.2, -0.15) is 5.11 Å².